The second kappa shape index (κ2) is 16.8. The van der Waals surface area contributed by atoms with Gasteiger partial charge >= 0.3 is 0 Å². The summed E-state index contributed by atoms with van der Waals surface area (Å²) in [4.78, 5) is 41.6. The molecule has 9 heteroatoms. The highest BCUT2D eigenvalue weighted by atomic mass is 16.2. The Kier molecular flexibility index (Phi) is 13.8. The van der Waals surface area contributed by atoms with Crippen molar-refractivity contribution in [1.82, 2.24) is 14.9 Å². The van der Waals surface area contributed by atoms with Crippen LogP contribution in [0.4, 0.5) is 5.69 Å². The zero-order valence-electron chi connectivity index (χ0n) is 26.0. The van der Waals surface area contributed by atoms with Gasteiger partial charge in [-0.05, 0) is 55.4 Å². The molecule has 1 heterocycles. The van der Waals surface area contributed by atoms with Gasteiger partial charge in [0.2, 0.25) is 0 Å². The van der Waals surface area contributed by atoms with Gasteiger partial charge in [-0.25, -0.2) is 10.0 Å². The molecule has 0 saturated heterocycles. The topological polar surface area (TPSA) is 109 Å². The molecule has 224 valence electrons. The zero-order valence-corrected chi connectivity index (χ0v) is 26.0. The Morgan fingerprint density at radius 1 is 1.02 bits per heavy atom. The maximum Gasteiger partial charge on any atom is 0.285 e. The predicted octanol–water partition coefficient (Wildman–Crippen LogP) is 6.70. The second-order valence-corrected chi connectivity index (χ2v) is 11.2. The number of unbranched alkanes of at least 4 members (excludes halogenated alkanes) is 2. The molecule has 0 N–H and O–H groups in total. The fraction of sp³-hybridized carbons (Fsp3) is 0.625. The summed E-state index contributed by atoms with van der Waals surface area (Å²) in [5.74, 6) is -0.363. The van der Waals surface area contributed by atoms with Gasteiger partial charge in [0.05, 0.1) is 5.69 Å². The van der Waals surface area contributed by atoms with E-state index in [1.165, 1.54) is 5.01 Å². The third kappa shape index (κ3) is 9.06. The van der Waals surface area contributed by atoms with Gasteiger partial charge in [-0.15, -0.1) is 0 Å². The molecule has 0 spiro atoms. The number of carbonyl (C=O) groups excluding carboxylic acids is 3. The van der Waals surface area contributed by atoms with Crippen molar-refractivity contribution < 1.29 is 14.4 Å². The van der Waals surface area contributed by atoms with Crippen LogP contribution in [-0.2, 0) is 9.59 Å². The lowest BCUT2D eigenvalue weighted by molar-refractivity contribution is -0.159. The number of nitrogens with zero attached hydrogens (tertiary/aromatic N) is 6. The number of hydrazine groups is 1. The van der Waals surface area contributed by atoms with E-state index in [1.807, 2.05) is 11.0 Å². The van der Waals surface area contributed by atoms with E-state index >= 15 is 0 Å². The van der Waals surface area contributed by atoms with E-state index in [1.54, 1.807) is 45.3 Å². The molecular formula is C32H48N6O3. The molecule has 3 atom stereocenters. The number of hydrogen-bond acceptors (Lipinski definition) is 7. The average molecular weight is 565 g/mol. The average Bonchev–Trinajstić information content (AvgIpc) is 2.96. The van der Waals surface area contributed by atoms with E-state index in [-0.39, 0.29) is 17.1 Å². The summed E-state index contributed by atoms with van der Waals surface area (Å²) >= 11 is 0. The highest BCUT2D eigenvalue weighted by Gasteiger charge is 2.41. The Hall–Kier alpha value is -3.38. The van der Waals surface area contributed by atoms with Crippen LogP contribution in [0.15, 0.2) is 45.6 Å². The number of rotatable bonds is 16. The van der Waals surface area contributed by atoms with Crippen LogP contribution in [0.3, 0.4) is 0 Å². The molecule has 9 nitrogen and oxygen atoms in total. The largest absolute Gasteiger partial charge is 0.338 e. The minimum atomic E-state index is -1.10. The minimum absolute atomic E-state index is 0.0205. The Morgan fingerprint density at radius 3 is 2.10 bits per heavy atom. The number of azo groups is 1. The van der Waals surface area contributed by atoms with Gasteiger partial charge in [0.15, 0.2) is 6.04 Å². The van der Waals surface area contributed by atoms with Crippen molar-refractivity contribution in [2.24, 2.45) is 22.1 Å². The van der Waals surface area contributed by atoms with Gasteiger partial charge in [0.1, 0.15) is 11.6 Å². The van der Waals surface area contributed by atoms with E-state index in [9.17, 15) is 19.6 Å². The van der Waals surface area contributed by atoms with Crippen LogP contribution in [-0.4, -0.2) is 65.9 Å². The molecular weight excluding hydrogens is 516 g/mol. The Labute approximate surface area is 246 Å². The number of benzene rings is 1. The molecule has 0 aromatic heterocycles. The first-order valence-corrected chi connectivity index (χ1v) is 15.1. The normalized spacial score (nSPS) is 17.3. The zero-order chi connectivity index (χ0) is 30.5. The van der Waals surface area contributed by atoms with Crippen LogP contribution in [0, 0.1) is 23.2 Å². The number of carbonyl (C=O) groups is 3. The van der Waals surface area contributed by atoms with Gasteiger partial charge in [-0.1, -0.05) is 72.3 Å². The van der Waals surface area contributed by atoms with Gasteiger partial charge in [0, 0.05) is 32.7 Å². The summed E-state index contributed by atoms with van der Waals surface area (Å²) in [6, 6.07) is 7.78. The molecule has 3 amide bonds. The van der Waals surface area contributed by atoms with Gasteiger partial charge in [0.25, 0.3) is 17.7 Å². The fourth-order valence-corrected chi connectivity index (χ4v) is 5.17. The van der Waals surface area contributed by atoms with Crippen molar-refractivity contribution in [2.75, 3.05) is 27.2 Å². The van der Waals surface area contributed by atoms with Crippen molar-refractivity contribution in [2.45, 2.75) is 92.0 Å². The quantitative estimate of drug-likeness (QED) is 0.164. The summed E-state index contributed by atoms with van der Waals surface area (Å²) in [6.07, 6.45) is 8.86. The minimum Gasteiger partial charge on any atom is -0.338 e. The maximum atomic E-state index is 13.9. The highest BCUT2D eigenvalue weighted by Crippen LogP contribution is 2.26. The molecule has 0 aliphatic carbocycles. The number of nitriles is 1. The van der Waals surface area contributed by atoms with Gasteiger partial charge in [-0.3, -0.25) is 14.4 Å². The summed E-state index contributed by atoms with van der Waals surface area (Å²) in [6.45, 7) is 11.8. The summed E-state index contributed by atoms with van der Waals surface area (Å²) in [5, 5.41) is 20.3. The monoisotopic (exact) mass is 564 g/mol. The molecule has 3 unspecified atom stereocenters. The van der Waals surface area contributed by atoms with Crippen LogP contribution in [0.2, 0.25) is 0 Å². The van der Waals surface area contributed by atoms with Crippen LogP contribution in [0.25, 0.3) is 0 Å². The van der Waals surface area contributed by atoms with E-state index in [0.717, 1.165) is 69.5 Å². The molecule has 0 saturated carbocycles. The third-order valence-electron chi connectivity index (χ3n) is 7.88. The molecule has 1 aliphatic rings. The Balaban J connectivity index is 2.37. The number of imide groups is 1. The maximum absolute atomic E-state index is 13.9. The van der Waals surface area contributed by atoms with Crippen LogP contribution < -0.4 is 0 Å². The lowest BCUT2D eigenvalue weighted by Gasteiger charge is -2.32. The van der Waals surface area contributed by atoms with E-state index in [2.05, 4.69) is 37.9 Å². The highest BCUT2D eigenvalue weighted by molar-refractivity contribution is 6.12. The lowest BCUT2D eigenvalue weighted by Crippen LogP contribution is -2.54. The molecule has 1 aromatic carbocycles. The first-order chi connectivity index (χ1) is 19.6. The molecule has 2 rings (SSSR count). The van der Waals surface area contributed by atoms with Crippen LogP contribution >= 0.6 is 0 Å². The second-order valence-electron chi connectivity index (χ2n) is 11.2. The summed E-state index contributed by atoms with van der Waals surface area (Å²) in [7, 11) is 3.11. The number of amides is 3. The van der Waals surface area contributed by atoms with E-state index in [4.69, 9.17) is 0 Å². The standard InChI is InChI=1S/C32H48N6O3/c1-8-12-15-24(10-3)21-37(22-25(11-4)16-13-9-2)30(39)26-17-14-18-27(19-26)34-35-29-23(5)28(20-33)31(40)38(32(29)41)36(6)7/h14,17-19,24-25,29H,8-13,15-16,21-22H2,1-7H3. The SMILES string of the molecule is CCCCC(CC)CN(CC(CC)CCCC)C(=O)c1cccc(N=NC2C(=O)N(N(C)C)C(=O)C(C#N)=C2C)c1. The smallest absolute Gasteiger partial charge is 0.285 e. The molecule has 0 bridgehead atoms. The van der Waals surface area contributed by atoms with Crippen molar-refractivity contribution >= 4 is 23.4 Å². The molecule has 0 fully saturated rings. The molecule has 1 aliphatic heterocycles. The lowest BCUT2D eigenvalue weighted by atomic mass is 9.95. The van der Waals surface area contributed by atoms with Crippen molar-refractivity contribution in [3.8, 4) is 6.07 Å². The first-order valence-electron chi connectivity index (χ1n) is 15.1. The molecule has 41 heavy (non-hydrogen) atoms. The van der Waals surface area contributed by atoms with Crippen LogP contribution in [0.5, 0.6) is 0 Å². The Bertz CT molecular complexity index is 1130. The van der Waals surface area contributed by atoms with Crippen molar-refractivity contribution in [3.05, 3.63) is 41.0 Å². The van der Waals surface area contributed by atoms with Crippen LogP contribution in [0.1, 0.15) is 96.3 Å². The summed E-state index contributed by atoms with van der Waals surface area (Å²) < 4.78 is 0. The fourth-order valence-electron chi connectivity index (χ4n) is 5.17. The van der Waals surface area contributed by atoms with Gasteiger partial charge < -0.3 is 4.90 Å². The predicted molar refractivity (Wildman–Crippen MR) is 161 cm³/mol. The van der Waals surface area contributed by atoms with E-state index < -0.39 is 17.9 Å². The van der Waals surface area contributed by atoms with Gasteiger partial charge in [-0.2, -0.15) is 15.5 Å². The van der Waals surface area contributed by atoms with Crippen molar-refractivity contribution in [3.63, 3.8) is 0 Å². The van der Waals surface area contributed by atoms with Crippen molar-refractivity contribution in [1.29, 1.82) is 5.26 Å². The molecule has 1 aromatic rings. The number of hydrogen-bond donors (Lipinski definition) is 0. The summed E-state index contributed by atoms with van der Waals surface area (Å²) in [5.41, 5.74) is 1.10. The van der Waals surface area contributed by atoms with E-state index in [0.29, 0.717) is 23.1 Å². The Morgan fingerprint density at radius 2 is 1.61 bits per heavy atom. The first kappa shape index (κ1) is 33.8. The third-order valence-corrected chi connectivity index (χ3v) is 7.88. The molecule has 0 radical (unpaired) electrons.